The van der Waals surface area contributed by atoms with Crippen LogP contribution in [0.1, 0.15) is 16.7 Å². The lowest BCUT2D eigenvalue weighted by molar-refractivity contribution is -0.384. The fraction of sp³-hybridized carbons (Fsp3) is 0.125. The van der Waals surface area contributed by atoms with Crippen LogP contribution in [0.15, 0.2) is 71.6 Å². The standard InChI is InChI=1S/C24H20ClN3O4S/c1-15-2-7-18(25)13-21(15)26-24-27-23(29)22(33-24)12-16-5-10-20(11-6-16)32-14-17-3-8-19(9-4-17)28(30)31/h2-13,24,26H,14H2,1H3,(H,27,29)/b22-12-. The van der Waals surface area contributed by atoms with Gasteiger partial charge in [-0.2, -0.15) is 0 Å². The zero-order valence-electron chi connectivity index (χ0n) is 17.6. The maximum atomic E-state index is 12.4. The van der Waals surface area contributed by atoms with Gasteiger partial charge in [-0.1, -0.05) is 41.6 Å². The van der Waals surface area contributed by atoms with E-state index >= 15 is 0 Å². The summed E-state index contributed by atoms with van der Waals surface area (Å²) in [5.74, 6) is 0.519. The van der Waals surface area contributed by atoms with Gasteiger partial charge in [-0.25, -0.2) is 0 Å². The zero-order chi connectivity index (χ0) is 23.4. The monoisotopic (exact) mass is 481 g/mol. The van der Waals surface area contributed by atoms with E-state index in [9.17, 15) is 14.9 Å². The van der Waals surface area contributed by atoms with Crippen LogP contribution < -0.4 is 15.4 Å². The van der Waals surface area contributed by atoms with Crippen LogP contribution in [-0.4, -0.2) is 16.3 Å². The molecule has 0 bridgehead atoms. The average Bonchev–Trinajstić information content (AvgIpc) is 3.14. The first-order valence-electron chi connectivity index (χ1n) is 10.1. The van der Waals surface area contributed by atoms with Crippen molar-refractivity contribution < 1.29 is 14.5 Å². The lowest BCUT2D eigenvalue weighted by Gasteiger charge is -2.15. The molecule has 1 aliphatic rings. The fourth-order valence-electron chi connectivity index (χ4n) is 3.15. The fourth-order valence-corrected chi connectivity index (χ4v) is 4.30. The van der Waals surface area contributed by atoms with Gasteiger partial charge >= 0.3 is 0 Å². The maximum absolute atomic E-state index is 12.4. The minimum absolute atomic E-state index is 0.0464. The molecule has 2 N–H and O–H groups in total. The summed E-state index contributed by atoms with van der Waals surface area (Å²) >= 11 is 7.48. The predicted octanol–water partition coefficient (Wildman–Crippen LogP) is 5.74. The van der Waals surface area contributed by atoms with Gasteiger partial charge in [-0.15, -0.1) is 0 Å². The number of thioether (sulfide) groups is 1. The van der Waals surface area contributed by atoms with Crippen molar-refractivity contribution in [3.05, 3.63) is 103 Å². The van der Waals surface area contributed by atoms with E-state index in [0.29, 0.717) is 22.3 Å². The molecule has 0 spiro atoms. The number of non-ortho nitro benzene ring substituents is 1. The van der Waals surface area contributed by atoms with Gasteiger partial charge in [-0.05, 0) is 66.1 Å². The molecule has 1 unspecified atom stereocenters. The van der Waals surface area contributed by atoms with E-state index in [2.05, 4.69) is 10.6 Å². The zero-order valence-corrected chi connectivity index (χ0v) is 19.2. The molecule has 3 aromatic rings. The number of nitrogens with one attached hydrogen (secondary N) is 2. The molecule has 1 heterocycles. The van der Waals surface area contributed by atoms with Gasteiger partial charge in [-0.3, -0.25) is 14.9 Å². The number of benzene rings is 3. The molecule has 0 saturated carbocycles. The van der Waals surface area contributed by atoms with Gasteiger partial charge in [0.05, 0.1) is 9.83 Å². The van der Waals surface area contributed by atoms with Crippen LogP contribution in [0.5, 0.6) is 5.75 Å². The molecule has 1 saturated heterocycles. The van der Waals surface area contributed by atoms with Gasteiger partial charge in [0.25, 0.3) is 11.6 Å². The van der Waals surface area contributed by atoms with Crippen LogP contribution in [0, 0.1) is 17.0 Å². The van der Waals surface area contributed by atoms with Crippen molar-refractivity contribution in [2.24, 2.45) is 0 Å². The molecular weight excluding hydrogens is 462 g/mol. The van der Waals surface area contributed by atoms with Crippen LogP contribution in [-0.2, 0) is 11.4 Å². The second-order valence-corrected chi connectivity index (χ2v) is 8.95. The van der Waals surface area contributed by atoms with Crippen molar-refractivity contribution in [1.29, 1.82) is 0 Å². The van der Waals surface area contributed by atoms with E-state index in [1.165, 1.54) is 23.9 Å². The molecule has 168 valence electrons. The van der Waals surface area contributed by atoms with E-state index in [1.54, 1.807) is 12.1 Å². The molecule has 1 amide bonds. The van der Waals surface area contributed by atoms with Gasteiger partial charge in [0.1, 0.15) is 12.4 Å². The highest BCUT2D eigenvalue weighted by molar-refractivity contribution is 8.05. The largest absolute Gasteiger partial charge is 0.489 e. The number of rotatable bonds is 7. The summed E-state index contributed by atoms with van der Waals surface area (Å²) in [5, 5.41) is 17.6. The first-order chi connectivity index (χ1) is 15.9. The lowest BCUT2D eigenvalue weighted by atomic mass is 10.2. The number of anilines is 1. The molecular formula is C24H20ClN3O4S. The Labute approximate surface area is 199 Å². The van der Waals surface area contributed by atoms with E-state index in [-0.39, 0.29) is 17.1 Å². The second-order valence-electron chi connectivity index (χ2n) is 7.36. The van der Waals surface area contributed by atoms with E-state index in [0.717, 1.165) is 22.4 Å². The highest BCUT2D eigenvalue weighted by Gasteiger charge is 2.27. The number of hydrogen-bond acceptors (Lipinski definition) is 6. The van der Waals surface area contributed by atoms with Crippen molar-refractivity contribution in [3.63, 3.8) is 0 Å². The highest BCUT2D eigenvalue weighted by Crippen LogP contribution is 2.32. The van der Waals surface area contributed by atoms with Crippen molar-refractivity contribution in [3.8, 4) is 5.75 Å². The van der Waals surface area contributed by atoms with Gasteiger partial charge in [0, 0.05) is 22.8 Å². The van der Waals surface area contributed by atoms with Gasteiger partial charge in [0.2, 0.25) is 0 Å². The van der Waals surface area contributed by atoms with Crippen LogP contribution in [0.3, 0.4) is 0 Å². The Morgan fingerprint density at radius 3 is 2.58 bits per heavy atom. The summed E-state index contributed by atoms with van der Waals surface area (Å²) in [6.45, 7) is 2.27. The number of amides is 1. The number of nitrogens with zero attached hydrogens (tertiary/aromatic N) is 1. The van der Waals surface area contributed by atoms with E-state index in [4.69, 9.17) is 16.3 Å². The first-order valence-corrected chi connectivity index (χ1v) is 11.3. The third-order valence-electron chi connectivity index (χ3n) is 4.95. The number of hydrogen-bond donors (Lipinski definition) is 2. The normalized spacial score (nSPS) is 16.5. The van der Waals surface area contributed by atoms with Crippen LogP contribution >= 0.6 is 23.4 Å². The van der Waals surface area contributed by atoms with Crippen LogP contribution in [0.25, 0.3) is 6.08 Å². The molecule has 9 heteroatoms. The number of carbonyl (C=O) groups excluding carboxylic acids is 1. The number of carbonyl (C=O) groups is 1. The number of ether oxygens (including phenoxy) is 1. The Kier molecular flexibility index (Phi) is 6.86. The molecule has 3 aromatic carbocycles. The minimum atomic E-state index is -0.433. The number of halogens is 1. The molecule has 0 aromatic heterocycles. The van der Waals surface area contributed by atoms with E-state index in [1.807, 2.05) is 55.5 Å². The van der Waals surface area contributed by atoms with Crippen molar-refractivity contribution in [2.45, 2.75) is 19.0 Å². The average molecular weight is 482 g/mol. The number of aryl methyl sites for hydroxylation is 1. The molecule has 4 rings (SSSR count). The number of nitro groups is 1. The van der Waals surface area contributed by atoms with Crippen molar-refractivity contribution >= 4 is 46.7 Å². The Morgan fingerprint density at radius 2 is 1.88 bits per heavy atom. The SMILES string of the molecule is Cc1ccc(Cl)cc1NC1NC(=O)/C(=C/c2ccc(OCc3ccc([N+](=O)[O-])cc3)cc2)S1. The quantitative estimate of drug-likeness (QED) is 0.254. The lowest BCUT2D eigenvalue weighted by Crippen LogP contribution is -2.31. The minimum Gasteiger partial charge on any atom is -0.489 e. The van der Waals surface area contributed by atoms with Crippen LogP contribution in [0.2, 0.25) is 5.02 Å². The smallest absolute Gasteiger partial charge is 0.269 e. The molecule has 7 nitrogen and oxygen atoms in total. The Morgan fingerprint density at radius 1 is 1.15 bits per heavy atom. The van der Waals surface area contributed by atoms with Crippen molar-refractivity contribution in [1.82, 2.24) is 5.32 Å². The van der Waals surface area contributed by atoms with E-state index < -0.39 is 4.92 Å². The summed E-state index contributed by atoms with van der Waals surface area (Å²) in [5.41, 5.74) is 3.37. The topological polar surface area (TPSA) is 93.5 Å². The molecule has 1 aliphatic heterocycles. The summed E-state index contributed by atoms with van der Waals surface area (Å²) in [7, 11) is 0. The summed E-state index contributed by atoms with van der Waals surface area (Å²) in [6.07, 6.45) is 1.83. The predicted molar refractivity (Wildman–Crippen MR) is 131 cm³/mol. The van der Waals surface area contributed by atoms with Gasteiger partial charge in [0.15, 0.2) is 5.50 Å². The third kappa shape index (κ3) is 5.85. The number of nitro benzene ring substituents is 1. The molecule has 1 fully saturated rings. The molecule has 33 heavy (non-hydrogen) atoms. The summed E-state index contributed by atoms with van der Waals surface area (Å²) < 4.78 is 5.75. The molecule has 0 radical (unpaired) electrons. The highest BCUT2D eigenvalue weighted by atomic mass is 35.5. The van der Waals surface area contributed by atoms with Gasteiger partial charge < -0.3 is 15.4 Å². The molecule has 1 atom stereocenters. The first kappa shape index (κ1) is 22.7. The summed E-state index contributed by atoms with van der Waals surface area (Å²) in [4.78, 5) is 23.3. The van der Waals surface area contributed by atoms with Crippen molar-refractivity contribution in [2.75, 3.05) is 5.32 Å². The maximum Gasteiger partial charge on any atom is 0.269 e. The second kappa shape index (κ2) is 9.97. The Balaban J connectivity index is 1.35. The Bertz CT molecular complexity index is 1210. The summed E-state index contributed by atoms with van der Waals surface area (Å²) in [6, 6.07) is 19.2. The molecule has 0 aliphatic carbocycles. The van der Waals surface area contributed by atoms with Crippen LogP contribution in [0.4, 0.5) is 11.4 Å². The third-order valence-corrected chi connectivity index (χ3v) is 6.21. The Hall–Kier alpha value is -3.49.